The van der Waals surface area contributed by atoms with Gasteiger partial charge in [0, 0.05) is 19.0 Å². The van der Waals surface area contributed by atoms with Crippen LogP contribution in [0.2, 0.25) is 0 Å². The lowest BCUT2D eigenvalue weighted by molar-refractivity contribution is -0.124. The second kappa shape index (κ2) is 3.35. The molecule has 0 amide bonds. The molecule has 1 heterocycles. The van der Waals surface area contributed by atoms with E-state index in [-0.39, 0.29) is 0 Å². The van der Waals surface area contributed by atoms with E-state index in [9.17, 15) is 4.79 Å². The van der Waals surface area contributed by atoms with Crippen LogP contribution in [0.4, 0.5) is 0 Å². The van der Waals surface area contributed by atoms with E-state index in [4.69, 9.17) is 0 Å². The van der Waals surface area contributed by atoms with Gasteiger partial charge in [0.05, 0.1) is 6.54 Å². The molecule has 1 aliphatic heterocycles. The highest BCUT2D eigenvalue weighted by atomic mass is 16.1. The van der Waals surface area contributed by atoms with Crippen LogP contribution in [0.5, 0.6) is 0 Å². The third kappa shape index (κ3) is 2.29. The molecule has 0 saturated carbocycles. The average Bonchev–Trinajstić information content (AvgIpc) is 1.85. The van der Waals surface area contributed by atoms with Crippen molar-refractivity contribution >= 4 is 5.78 Å². The van der Waals surface area contributed by atoms with Gasteiger partial charge in [-0.25, -0.2) is 0 Å². The van der Waals surface area contributed by atoms with Crippen LogP contribution in [-0.2, 0) is 4.79 Å². The highest BCUT2D eigenvalue weighted by molar-refractivity contribution is 5.81. The van der Waals surface area contributed by atoms with Crippen LogP contribution in [0.25, 0.3) is 0 Å². The van der Waals surface area contributed by atoms with Crippen molar-refractivity contribution < 1.29 is 4.79 Å². The third-order valence-electron chi connectivity index (χ3n) is 2.23. The first-order chi connectivity index (χ1) is 5.09. The van der Waals surface area contributed by atoms with Crippen LogP contribution in [0, 0.1) is 5.92 Å². The lowest BCUT2D eigenvalue weighted by atomic mass is 9.98. The van der Waals surface area contributed by atoms with Gasteiger partial charge in [-0.15, -0.1) is 0 Å². The third-order valence-corrected chi connectivity index (χ3v) is 2.23. The van der Waals surface area contributed by atoms with Crippen LogP contribution in [-0.4, -0.2) is 29.8 Å². The van der Waals surface area contributed by atoms with Gasteiger partial charge in [0.25, 0.3) is 0 Å². The van der Waals surface area contributed by atoms with E-state index >= 15 is 0 Å². The van der Waals surface area contributed by atoms with E-state index in [1.54, 1.807) is 0 Å². The molecule has 0 aromatic rings. The lowest BCUT2D eigenvalue weighted by Crippen LogP contribution is -2.43. The molecule has 1 aliphatic rings. The maximum absolute atomic E-state index is 11.1. The van der Waals surface area contributed by atoms with Gasteiger partial charge in [0.15, 0.2) is 0 Å². The molecule has 1 atom stereocenters. The van der Waals surface area contributed by atoms with E-state index in [0.29, 0.717) is 24.3 Å². The van der Waals surface area contributed by atoms with Gasteiger partial charge < -0.3 is 0 Å². The summed E-state index contributed by atoms with van der Waals surface area (Å²) in [6, 6.07) is 0.515. The zero-order valence-corrected chi connectivity index (χ0v) is 7.63. The van der Waals surface area contributed by atoms with Crippen molar-refractivity contribution in [2.45, 2.75) is 33.2 Å². The van der Waals surface area contributed by atoms with Crippen LogP contribution in [0.15, 0.2) is 0 Å². The number of ketones is 1. The Kier molecular flexibility index (Phi) is 2.66. The zero-order chi connectivity index (χ0) is 8.43. The van der Waals surface area contributed by atoms with Gasteiger partial charge in [-0.3, -0.25) is 9.69 Å². The fourth-order valence-electron chi connectivity index (χ4n) is 1.60. The number of nitrogens with zero attached hydrogens (tertiary/aromatic N) is 1. The summed E-state index contributed by atoms with van der Waals surface area (Å²) in [5.74, 6) is 0.955. The minimum Gasteiger partial charge on any atom is -0.298 e. The van der Waals surface area contributed by atoms with E-state index < -0.39 is 0 Å². The number of Topliss-reactive ketones (excluding diaryl/α,β-unsaturated/α-hetero) is 1. The lowest BCUT2D eigenvalue weighted by Gasteiger charge is -2.32. The Labute approximate surface area is 68.6 Å². The Hall–Kier alpha value is -0.370. The van der Waals surface area contributed by atoms with Crippen LogP contribution in [0.3, 0.4) is 0 Å². The van der Waals surface area contributed by atoms with Crippen LogP contribution in [0.1, 0.15) is 27.2 Å². The summed E-state index contributed by atoms with van der Waals surface area (Å²) in [7, 11) is 0. The highest BCUT2D eigenvalue weighted by Gasteiger charge is 2.23. The van der Waals surface area contributed by atoms with Crippen LogP contribution < -0.4 is 0 Å². The summed E-state index contributed by atoms with van der Waals surface area (Å²) in [4.78, 5) is 13.4. The second-order valence-electron chi connectivity index (χ2n) is 3.87. The molecule has 2 nitrogen and oxygen atoms in total. The summed E-state index contributed by atoms with van der Waals surface area (Å²) < 4.78 is 0. The monoisotopic (exact) mass is 155 g/mol. The number of rotatable bonds is 1. The van der Waals surface area contributed by atoms with Gasteiger partial charge in [0.1, 0.15) is 5.78 Å². The maximum atomic E-state index is 11.1. The first kappa shape index (κ1) is 8.72. The molecule has 64 valence electrons. The summed E-state index contributed by atoms with van der Waals surface area (Å²) in [5, 5.41) is 0. The number of likely N-dealkylation sites (tertiary alicyclic amines) is 1. The quantitative estimate of drug-likeness (QED) is 0.569. The van der Waals surface area contributed by atoms with Crippen molar-refractivity contribution in [3.05, 3.63) is 0 Å². The summed E-state index contributed by atoms with van der Waals surface area (Å²) in [6.07, 6.45) is 0.781. The summed E-state index contributed by atoms with van der Waals surface area (Å²) >= 11 is 0. The maximum Gasteiger partial charge on any atom is 0.147 e. The fraction of sp³-hybridized carbons (Fsp3) is 0.889. The number of carbonyl (C=O) groups is 1. The Morgan fingerprint density at radius 2 is 2.18 bits per heavy atom. The smallest absolute Gasteiger partial charge is 0.147 e. The number of hydrogen-bond donors (Lipinski definition) is 0. The van der Waals surface area contributed by atoms with Gasteiger partial charge in [-0.2, -0.15) is 0 Å². The van der Waals surface area contributed by atoms with Crippen molar-refractivity contribution in [2.24, 2.45) is 5.92 Å². The molecule has 0 aliphatic carbocycles. The van der Waals surface area contributed by atoms with E-state index in [1.165, 1.54) is 0 Å². The van der Waals surface area contributed by atoms with Crippen molar-refractivity contribution in [2.75, 3.05) is 13.1 Å². The van der Waals surface area contributed by atoms with E-state index in [2.05, 4.69) is 25.7 Å². The van der Waals surface area contributed by atoms with Crippen molar-refractivity contribution in [3.8, 4) is 0 Å². The Morgan fingerprint density at radius 3 is 2.64 bits per heavy atom. The van der Waals surface area contributed by atoms with Gasteiger partial charge in [-0.1, -0.05) is 6.92 Å². The molecule has 2 heteroatoms. The molecular weight excluding hydrogens is 138 g/mol. The SMILES string of the molecule is CC(C)N1CC(=O)C[C@@H](C)C1. The molecule has 11 heavy (non-hydrogen) atoms. The largest absolute Gasteiger partial charge is 0.298 e. The van der Waals surface area contributed by atoms with Gasteiger partial charge >= 0.3 is 0 Å². The molecule has 0 spiro atoms. The second-order valence-corrected chi connectivity index (χ2v) is 3.87. The summed E-state index contributed by atoms with van der Waals surface area (Å²) in [5.41, 5.74) is 0. The molecule has 1 saturated heterocycles. The first-order valence-electron chi connectivity index (χ1n) is 4.35. The molecule has 0 aromatic carbocycles. The number of piperidine rings is 1. The van der Waals surface area contributed by atoms with Gasteiger partial charge in [-0.05, 0) is 19.8 Å². The van der Waals surface area contributed by atoms with Gasteiger partial charge in [0.2, 0.25) is 0 Å². The predicted octanol–water partition coefficient (Wildman–Crippen LogP) is 1.31. The molecule has 1 rings (SSSR count). The number of hydrogen-bond acceptors (Lipinski definition) is 2. The molecule has 0 radical (unpaired) electrons. The zero-order valence-electron chi connectivity index (χ0n) is 7.63. The van der Waals surface area contributed by atoms with Crippen LogP contribution >= 0.6 is 0 Å². The van der Waals surface area contributed by atoms with E-state index in [0.717, 1.165) is 13.0 Å². The Balaban J connectivity index is 2.49. The predicted molar refractivity (Wildman–Crippen MR) is 45.5 cm³/mol. The van der Waals surface area contributed by atoms with Crippen molar-refractivity contribution in [3.63, 3.8) is 0 Å². The fourth-order valence-corrected chi connectivity index (χ4v) is 1.60. The first-order valence-corrected chi connectivity index (χ1v) is 4.35. The molecular formula is C9H17NO. The molecule has 0 aromatic heterocycles. The number of carbonyl (C=O) groups excluding carboxylic acids is 1. The minimum atomic E-state index is 0.400. The molecule has 0 unspecified atom stereocenters. The van der Waals surface area contributed by atoms with Crippen molar-refractivity contribution in [1.29, 1.82) is 0 Å². The molecule has 0 N–H and O–H groups in total. The standard InChI is InChI=1S/C9H17NO/c1-7(2)10-5-8(3)4-9(11)6-10/h7-8H,4-6H2,1-3H3/t8-/m1/s1. The topological polar surface area (TPSA) is 20.3 Å². The highest BCUT2D eigenvalue weighted by Crippen LogP contribution is 2.14. The molecule has 1 fully saturated rings. The molecule has 0 bridgehead atoms. The van der Waals surface area contributed by atoms with E-state index in [1.807, 2.05) is 0 Å². The Bertz CT molecular complexity index is 154. The average molecular weight is 155 g/mol. The van der Waals surface area contributed by atoms with Crippen molar-refractivity contribution in [1.82, 2.24) is 4.90 Å². The Morgan fingerprint density at radius 1 is 1.55 bits per heavy atom. The normalized spacial score (nSPS) is 28.0. The summed E-state index contributed by atoms with van der Waals surface area (Å²) in [6.45, 7) is 8.19. The minimum absolute atomic E-state index is 0.400.